The SMILES string of the molecule is O=CCc1cc(Br)ccc1Br. The topological polar surface area (TPSA) is 17.1 Å². The molecule has 0 radical (unpaired) electrons. The van der Waals surface area contributed by atoms with Gasteiger partial charge in [0.05, 0.1) is 0 Å². The summed E-state index contributed by atoms with van der Waals surface area (Å²) in [6.07, 6.45) is 1.35. The van der Waals surface area contributed by atoms with E-state index in [1.165, 1.54) is 0 Å². The van der Waals surface area contributed by atoms with Crippen LogP contribution in [0.15, 0.2) is 27.1 Å². The molecule has 58 valence electrons. The molecule has 0 saturated carbocycles. The van der Waals surface area contributed by atoms with Crippen LogP contribution in [0, 0.1) is 0 Å². The zero-order valence-corrected chi connectivity index (χ0v) is 8.85. The Hall–Kier alpha value is -0.150. The van der Waals surface area contributed by atoms with E-state index in [1.54, 1.807) is 0 Å². The summed E-state index contributed by atoms with van der Waals surface area (Å²) in [4.78, 5) is 10.2. The predicted octanol–water partition coefficient (Wildman–Crippen LogP) is 2.95. The van der Waals surface area contributed by atoms with E-state index in [9.17, 15) is 4.79 Å². The van der Waals surface area contributed by atoms with Crippen LogP contribution in [-0.2, 0) is 11.2 Å². The molecular formula is C8H6Br2O. The highest BCUT2D eigenvalue weighted by Crippen LogP contribution is 2.21. The van der Waals surface area contributed by atoms with Gasteiger partial charge in [0.15, 0.2) is 0 Å². The lowest BCUT2D eigenvalue weighted by Gasteiger charge is -1.99. The summed E-state index contributed by atoms with van der Waals surface area (Å²) in [7, 11) is 0. The molecule has 0 aromatic heterocycles. The van der Waals surface area contributed by atoms with Gasteiger partial charge in [0.1, 0.15) is 6.29 Å². The van der Waals surface area contributed by atoms with Gasteiger partial charge in [-0.15, -0.1) is 0 Å². The van der Waals surface area contributed by atoms with Gasteiger partial charge in [-0.25, -0.2) is 0 Å². The Balaban J connectivity index is 3.01. The number of aldehydes is 1. The third kappa shape index (κ3) is 2.42. The summed E-state index contributed by atoms with van der Waals surface area (Å²) in [5.74, 6) is 0. The largest absolute Gasteiger partial charge is 0.303 e. The standard InChI is InChI=1S/C8H6Br2O/c9-7-1-2-8(10)6(5-7)3-4-11/h1-2,4-5H,3H2. The summed E-state index contributed by atoms with van der Waals surface area (Å²) < 4.78 is 1.98. The van der Waals surface area contributed by atoms with Crippen molar-refractivity contribution in [2.45, 2.75) is 6.42 Å². The lowest BCUT2D eigenvalue weighted by atomic mass is 10.2. The fourth-order valence-corrected chi connectivity index (χ4v) is 1.61. The summed E-state index contributed by atoms with van der Waals surface area (Å²) >= 11 is 6.68. The van der Waals surface area contributed by atoms with Gasteiger partial charge < -0.3 is 4.79 Å². The molecule has 0 N–H and O–H groups in total. The van der Waals surface area contributed by atoms with Crippen molar-refractivity contribution in [2.24, 2.45) is 0 Å². The smallest absolute Gasteiger partial charge is 0.124 e. The van der Waals surface area contributed by atoms with E-state index < -0.39 is 0 Å². The van der Waals surface area contributed by atoms with Crippen molar-refractivity contribution in [3.63, 3.8) is 0 Å². The Morgan fingerprint density at radius 2 is 2.09 bits per heavy atom. The van der Waals surface area contributed by atoms with Crippen molar-refractivity contribution in [3.05, 3.63) is 32.7 Å². The number of halogens is 2. The molecule has 1 rings (SSSR count). The maximum atomic E-state index is 10.2. The van der Waals surface area contributed by atoms with Crippen LogP contribution in [0.1, 0.15) is 5.56 Å². The first-order chi connectivity index (χ1) is 5.24. The fourth-order valence-electron chi connectivity index (χ4n) is 0.790. The monoisotopic (exact) mass is 276 g/mol. The van der Waals surface area contributed by atoms with Crippen molar-refractivity contribution < 1.29 is 4.79 Å². The fraction of sp³-hybridized carbons (Fsp3) is 0.125. The number of benzene rings is 1. The van der Waals surface area contributed by atoms with Gasteiger partial charge in [-0.1, -0.05) is 31.9 Å². The van der Waals surface area contributed by atoms with Crippen molar-refractivity contribution in [1.29, 1.82) is 0 Å². The van der Waals surface area contributed by atoms with Gasteiger partial charge >= 0.3 is 0 Å². The minimum atomic E-state index is 0.458. The van der Waals surface area contributed by atoms with Crippen molar-refractivity contribution in [3.8, 4) is 0 Å². The van der Waals surface area contributed by atoms with Crippen LogP contribution < -0.4 is 0 Å². The summed E-state index contributed by atoms with van der Waals surface area (Å²) in [5.41, 5.74) is 1.01. The molecular weight excluding hydrogens is 272 g/mol. The number of carbonyl (C=O) groups excluding carboxylic acids is 1. The predicted molar refractivity (Wildman–Crippen MR) is 51.6 cm³/mol. The average Bonchev–Trinajstić information content (AvgIpc) is 1.98. The second-order valence-electron chi connectivity index (χ2n) is 2.11. The van der Waals surface area contributed by atoms with Crippen LogP contribution in [0.5, 0.6) is 0 Å². The second-order valence-corrected chi connectivity index (χ2v) is 3.88. The first-order valence-corrected chi connectivity index (χ1v) is 4.70. The van der Waals surface area contributed by atoms with Crippen molar-refractivity contribution in [2.75, 3.05) is 0 Å². The van der Waals surface area contributed by atoms with Gasteiger partial charge in [-0.3, -0.25) is 0 Å². The quantitative estimate of drug-likeness (QED) is 0.760. The average molecular weight is 278 g/mol. The van der Waals surface area contributed by atoms with E-state index in [4.69, 9.17) is 0 Å². The Labute approximate surface area is 82.1 Å². The molecule has 0 amide bonds. The van der Waals surface area contributed by atoms with Gasteiger partial charge in [0, 0.05) is 15.4 Å². The highest BCUT2D eigenvalue weighted by Gasteiger charge is 1.98. The Kier molecular flexibility index (Phi) is 3.27. The van der Waals surface area contributed by atoms with E-state index in [0.29, 0.717) is 6.42 Å². The molecule has 0 spiro atoms. The normalized spacial score (nSPS) is 9.64. The van der Waals surface area contributed by atoms with Crippen molar-refractivity contribution >= 4 is 38.1 Å². The zero-order chi connectivity index (χ0) is 8.27. The third-order valence-electron chi connectivity index (χ3n) is 1.31. The first-order valence-electron chi connectivity index (χ1n) is 3.11. The zero-order valence-electron chi connectivity index (χ0n) is 5.68. The van der Waals surface area contributed by atoms with Gasteiger partial charge in [-0.2, -0.15) is 0 Å². The van der Waals surface area contributed by atoms with Gasteiger partial charge in [0.2, 0.25) is 0 Å². The van der Waals surface area contributed by atoms with E-state index in [1.807, 2.05) is 18.2 Å². The summed E-state index contributed by atoms with van der Waals surface area (Å²) in [6, 6.07) is 5.78. The lowest BCUT2D eigenvalue weighted by molar-refractivity contribution is -0.107. The van der Waals surface area contributed by atoms with E-state index in [2.05, 4.69) is 31.9 Å². The molecule has 0 atom stereocenters. The Bertz CT molecular complexity index is 271. The molecule has 0 bridgehead atoms. The molecule has 0 aliphatic carbocycles. The number of rotatable bonds is 2. The van der Waals surface area contributed by atoms with E-state index in [-0.39, 0.29) is 0 Å². The van der Waals surface area contributed by atoms with Crippen LogP contribution in [0.2, 0.25) is 0 Å². The van der Waals surface area contributed by atoms with Crippen LogP contribution >= 0.6 is 31.9 Å². The molecule has 0 saturated heterocycles. The third-order valence-corrected chi connectivity index (χ3v) is 2.58. The molecule has 0 unspecified atom stereocenters. The van der Waals surface area contributed by atoms with Gasteiger partial charge in [0.25, 0.3) is 0 Å². The highest BCUT2D eigenvalue weighted by molar-refractivity contribution is 9.11. The maximum Gasteiger partial charge on any atom is 0.124 e. The number of carbonyl (C=O) groups is 1. The minimum Gasteiger partial charge on any atom is -0.303 e. The molecule has 1 nitrogen and oxygen atoms in total. The van der Waals surface area contributed by atoms with Crippen molar-refractivity contribution in [1.82, 2.24) is 0 Å². The second kappa shape index (κ2) is 4.02. The maximum absolute atomic E-state index is 10.2. The molecule has 1 aromatic rings. The minimum absolute atomic E-state index is 0.458. The molecule has 1 aromatic carbocycles. The van der Waals surface area contributed by atoms with Crippen LogP contribution in [0.4, 0.5) is 0 Å². The number of hydrogen-bond acceptors (Lipinski definition) is 1. The van der Waals surface area contributed by atoms with E-state index >= 15 is 0 Å². The Morgan fingerprint density at radius 1 is 1.36 bits per heavy atom. The lowest BCUT2D eigenvalue weighted by Crippen LogP contribution is -1.86. The van der Waals surface area contributed by atoms with E-state index in [0.717, 1.165) is 20.8 Å². The first kappa shape index (κ1) is 8.94. The molecule has 0 fully saturated rings. The Morgan fingerprint density at radius 3 is 2.73 bits per heavy atom. The number of hydrogen-bond donors (Lipinski definition) is 0. The van der Waals surface area contributed by atoms with Crippen LogP contribution in [0.25, 0.3) is 0 Å². The summed E-state index contributed by atoms with van der Waals surface area (Å²) in [5, 5.41) is 0. The molecule has 0 aliphatic rings. The molecule has 0 heterocycles. The molecule has 3 heteroatoms. The molecule has 11 heavy (non-hydrogen) atoms. The van der Waals surface area contributed by atoms with Crippen LogP contribution in [-0.4, -0.2) is 6.29 Å². The van der Waals surface area contributed by atoms with Gasteiger partial charge in [-0.05, 0) is 23.8 Å². The summed E-state index contributed by atoms with van der Waals surface area (Å²) in [6.45, 7) is 0. The highest BCUT2D eigenvalue weighted by atomic mass is 79.9. The van der Waals surface area contributed by atoms with Crippen LogP contribution in [0.3, 0.4) is 0 Å². The molecule has 0 aliphatic heterocycles.